The molecule has 0 saturated carbocycles. The number of amides is 2. The van der Waals surface area contributed by atoms with E-state index in [2.05, 4.69) is 20.7 Å². The van der Waals surface area contributed by atoms with Crippen molar-refractivity contribution in [1.29, 1.82) is 0 Å². The van der Waals surface area contributed by atoms with Gasteiger partial charge in [-0.2, -0.15) is 5.10 Å². The molecular formula is C28H31N5O6. The lowest BCUT2D eigenvalue weighted by Gasteiger charge is -2.33. The maximum Gasteiger partial charge on any atom is 0.270 e. The molecule has 1 fully saturated rings. The van der Waals surface area contributed by atoms with Crippen molar-refractivity contribution in [2.45, 2.75) is 25.3 Å². The van der Waals surface area contributed by atoms with E-state index < -0.39 is 4.92 Å². The third-order valence-electron chi connectivity index (χ3n) is 6.35. The average molecular weight is 534 g/mol. The molecule has 11 nitrogen and oxygen atoms in total. The van der Waals surface area contributed by atoms with Gasteiger partial charge in [0.1, 0.15) is 11.5 Å². The summed E-state index contributed by atoms with van der Waals surface area (Å²) >= 11 is 0. The van der Waals surface area contributed by atoms with E-state index in [4.69, 9.17) is 9.15 Å². The Morgan fingerprint density at radius 1 is 1.05 bits per heavy atom. The highest BCUT2D eigenvalue weighted by atomic mass is 16.6. The molecule has 2 aromatic carbocycles. The van der Waals surface area contributed by atoms with E-state index in [1.54, 1.807) is 36.4 Å². The van der Waals surface area contributed by atoms with Gasteiger partial charge in [-0.1, -0.05) is 30.3 Å². The Morgan fingerprint density at radius 2 is 1.85 bits per heavy atom. The molecule has 1 atom stereocenters. The van der Waals surface area contributed by atoms with E-state index in [-0.39, 0.29) is 23.5 Å². The molecule has 0 bridgehead atoms. The summed E-state index contributed by atoms with van der Waals surface area (Å²) in [6.45, 7) is 2.95. The predicted molar refractivity (Wildman–Crippen MR) is 145 cm³/mol. The number of nitro groups is 1. The van der Waals surface area contributed by atoms with Crippen molar-refractivity contribution in [2.24, 2.45) is 5.10 Å². The second-order valence-electron chi connectivity index (χ2n) is 9.03. The van der Waals surface area contributed by atoms with Crippen molar-refractivity contribution in [1.82, 2.24) is 15.6 Å². The van der Waals surface area contributed by atoms with Crippen LogP contribution in [0.4, 0.5) is 5.69 Å². The fourth-order valence-electron chi connectivity index (χ4n) is 4.31. The Morgan fingerprint density at radius 3 is 2.62 bits per heavy atom. The van der Waals surface area contributed by atoms with Gasteiger partial charge in [-0.25, -0.2) is 5.43 Å². The van der Waals surface area contributed by atoms with Gasteiger partial charge in [-0.15, -0.1) is 0 Å². The van der Waals surface area contributed by atoms with Crippen molar-refractivity contribution in [3.8, 4) is 11.3 Å². The summed E-state index contributed by atoms with van der Waals surface area (Å²) in [5.74, 6) is 0.511. The molecule has 0 aliphatic carbocycles. The fourth-order valence-corrected chi connectivity index (χ4v) is 4.31. The van der Waals surface area contributed by atoms with Gasteiger partial charge < -0.3 is 14.5 Å². The zero-order valence-corrected chi connectivity index (χ0v) is 21.5. The van der Waals surface area contributed by atoms with Crippen LogP contribution in [0.25, 0.3) is 11.3 Å². The number of carbonyl (C=O) groups excluding carboxylic acids is 2. The van der Waals surface area contributed by atoms with Crippen molar-refractivity contribution < 1.29 is 23.7 Å². The van der Waals surface area contributed by atoms with Gasteiger partial charge in [0, 0.05) is 42.9 Å². The summed E-state index contributed by atoms with van der Waals surface area (Å²) in [6, 6.07) is 18.2. The normalized spacial score (nSPS) is 14.7. The average Bonchev–Trinajstić information content (AvgIpc) is 3.44. The van der Waals surface area contributed by atoms with Gasteiger partial charge in [-0.3, -0.25) is 24.6 Å². The smallest absolute Gasteiger partial charge is 0.270 e. The maximum absolute atomic E-state index is 13.0. The van der Waals surface area contributed by atoms with Crippen LogP contribution >= 0.6 is 0 Å². The van der Waals surface area contributed by atoms with Crippen LogP contribution in [-0.2, 0) is 9.53 Å². The topological polar surface area (TPSA) is 139 Å². The van der Waals surface area contributed by atoms with Crippen LogP contribution in [0.3, 0.4) is 0 Å². The van der Waals surface area contributed by atoms with Crippen LogP contribution in [0.5, 0.6) is 0 Å². The highest BCUT2D eigenvalue weighted by Gasteiger charge is 2.27. The van der Waals surface area contributed by atoms with Crippen LogP contribution in [0, 0.1) is 10.1 Å². The van der Waals surface area contributed by atoms with Crippen LogP contribution in [0.2, 0.25) is 0 Å². The lowest BCUT2D eigenvalue weighted by molar-refractivity contribution is -0.384. The molecule has 3 aromatic rings. The molecular weight excluding hydrogens is 502 g/mol. The minimum atomic E-state index is -0.462. The van der Waals surface area contributed by atoms with Gasteiger partial charge in [0.15, 0.2) is 0 Å². The number of unbranched alkanes of at least 4 members (excludes halogenated alkanes) is 1. The number of hydrazone groups is 1. The van der Waals surface area contributed by atoms with Crippen molar-refractivity contribution in [3.05, 3.63) is 88.2 Å². The molecule has 0 radical (unpaired) electrons. The number of non-ortho nitro benzene ring substituents is 1. The van der Waals surface area contributed by atoms with Crippen molar-refractivity contribution in [2.75, 3.05) is 32.8 Å². The fraction of sp³-hybridized carbons (Fsp3) is 0.321. The molecule has 1 aliphatic heterocycles. The molecule has 4 rings (SSSR count). The Bertz CT molecular complexity index is 1290. The number of benzene rings is 2. The van der Waals surface area contributed by atoms with Crippen molar-refractivity contribution in [3.63, 3.8) is 0 Å². The van der Waals surface area contributed by atoms with E-state index in [0.29, 0.717) is 61.9 Å². The summed E-state index contributed by atoms with van der Waals surface area (Å²) in [5.41, 5.74) is 3.77. The standard InChI is InChI=1S/C28H31N5O6/c34-27(21-7-2-1-3-8-21)29-14-5-4-11-25(32-15-17-38-18-16-32)28(35)31-30-20-24-12-13-26(39-24)22-9-6-10-23(19-22)33(36)37/h1-3,6-10,12-13,19-20,25H,4-5,11,14-18H2,(H,29,34)(H,31,35)/b30-20+/t25-/m1/s1. The quantitative estimate of drug-likeness (QED) is 0.157. The first-order chi connectivity index (χ1) is 19.0. The summed E-state index contributed by atoms with van der Waals surface area (Å²) in [4.78, 5) is 37.9. The number of ether oxygens (including phenoxy) is 1. The minimum Gasteiger partial charge on any atom is -0.455 e. The Kier molecular flexibility index (Phi) is 9.92. The number of hydrogen-bond donors (Lipinski definition) is 2. The van der Waals surface area contributed by atoms with Gasteiger partial charge >= 0.3 is 0 Å². The highest BCUT2D eigenvalue weighted by Crippen LogP contribution is 2.25. The second-order valence-corrected chi connectivity index (χ2v) is 9.03. The van der Waals surface area contributed by atoms with Crippen LogP contribution in [-0.4, -0.2) is 66.7 Å². The van der Waals surface area contributed by atoms with E-state index in [9.17, 15) is 19.7 Å². The Labute approximate surface area is 226 Å². The molecule has 2 heterocycles. The zero-order valence-electron chi connectivity index (χ0n) is 21.5. The number of nitrogens with zero attached hydrogens (tertiary/aromatic N) is 3. The highest BCUT2D eigenvalue weighted by molar-refractivity contribution is 5.94. The molecule has 0 unspecified atom stereocenters. The third kappa shape index (κ3) is 8.06. The Hall–Kier alpha value is -4.35. The first-order valence-electron chi connectivity index (χ1n) is 12.8. The monoisotopic (exact) mass is 533 g/mol. The third-order valence-corrected chi connectivity index (χ3v) is 6.35. The van der Waals surface area contributed by atoms with Gasteiger partial charge in [0.05, 0.1) is 30.4 Å². The summed E-state index contributed by atoms with van der Waals surface area (Å²) in [7, 11) is 0. The number of rotatable bonds is 12. The van der Waals surface area contributed by atoms with Crippen LogP contribution < -0.4 is 10.7 Å². The number of nitrogens with one attached hydrogen (secondary N) is 2. The lowest BCUT2D eigenvalue weighted by atomic mass is 10.1. The minimum absolute atomic E-state index is 0.0286. The summed E-state index contributed by atoms with van der Waals surface area (Å²) in [6.07, 6.45) is 3.50. The summed E-state index contributed by atoms with van der Waals surface area (Å²) < 4.78 is 11.2. The predicted octanol–water partition coefficient (Wildman–Crippen LogP) is 3.61. The van der Waals surface area contributed by atoms with Crippen LogP contribution in [0.1, 0.15) is 35.4 Å². The Balaban J connectivity index is 1.29. The first kappa shape index (κ1) is 27.7. The second kappa shape index (κ2) is 14.0. The molecule has 0 spiro atoms. The number of nitro benzene ring substituents is 1. The maximum atomic E-state index is 13.0. The van der Waals surface area contributed by atoms with Crippen molar-refractivity contribution >= 4 is 23.7 Å². The number of carbonyl (C=O) groups is 2. The molecule has 1 aromatic heterocycles. The SMILES string of the molecule is O=C(NCCCC[C@H](C(=O)N/N=C/c1ccc(-c2cccc([N+](=O)[O-])c2)o1)N1CCOCC1)c1ccccc1. The van der Waals surface area contributed by atoms with E-state index in [1.807, 2.05) is 18.2 Å². The van der Waals surface area contributed by atoms with Crippen LogP contribution in [0.15, 0.2) is 76.2 Å². The van der Waals surface area contributed by atoms with E-state index in [1.165, 1.54) is 18.3 Å². The number of morpholine rings is 1. The molecule has 2 amide bonds. The molecule has 1 saturated heterocycles. The number of hydrogen-bond acceptors (Lipinski definition) is 8. The number of furan rings is 1. The van der Waals surface area contributed by atoms with Gasteiger partial charge in [-0.05, 0) is 43.5 Å². The molecule has 11 heteroatoms. The molecule has 2 N–H and O–H groups in total. The first-order valence-corrected chi connectivity index (χ1v) is 12.8. The zero-order chi connectivity index (χ0) is 27.5. The van der Waals surface area contributed by atoms with E-state index in [0.717, 1.165) is 12.8 Å². The van der Waals surface area contributed by atoms with E-state index >= 15 is 0 Å². The lowest BCUT2D eigenvalue weighted by Crippen LogP contribution is -2.50. The molecule has 39 heavy (non-hydrogen) atoms. The molecule has 1 aliphatic rings. The van der Waals surface area contributed by atoms with Gasteiger partial charge in [0.2, 0.25) is 0 Å². The van der Waals surface area contributed by atoms with Gasteiger partial charge in [0.25, 0.3) is 17.5 Å². The summed E-state index contributed by atoms with van der Waals surface area (Å²) in [5, 5.41) is 18.0. The largest absolute Gasteiger partial charge is 0.455 e. The molecule has 204 valence electrons.